The van der Waals surface area contributed by atoms with Gasteiger partial charge in [0.2, 0.25) is 0 Å². The maximum absolute atomic E-state index is 5.46. The van der Waals surface area contributed by atoms with E-state index < -0.39 is 0 Å². The Kier molecular flexibility index (Phi) is 8.40. The molecular formula is C10H24N2O. The molecule has 2 N–H and O–H groups in total. The molecule has 0 bridgehead atoms. The highest BCUT2D eigenvalue weighted by molar-refractivity contribution is 4.63. The van der Waals surface area contributed by atoms with Gasteiger partial charge in [0, 0.05) is 26.3 Å². The van der Waals surface area contributed by atoms with E-state index in [1.165, 1.54) is 6.42 Å². The molecule has 0 spiro atoms. The second-order valence-corrected chi connectivity index (χ2v) is 3.61. The van der Waals surface area contributed by atoms with Gasteiger partial charge in [-0.2, -0.15) is 0 Å². The normalized spacial score (nSPS) is 13.6. The third kappa shape index (κ3) is 6.99. The highest BCUT2D eigenvalue weighted by Crippen LogP contribution is 2.03. The monoisotopic (exact) mass is 188 g/mol. The SMILES string of the molecule is COCCCN(C)C(C)CCCN. The van der Waals surface area contributed by atoms with Gasteiger partial charge < -0.3 is 15.4 Å². The minimum Gasteiger partial charge on any atom is -0.385 e. The molecule has 0 aliphatic carbocycles. The number of nitrogens with zero attached hydrogens (tertiary/aromatic N) is 1. The number of ether oxygens (including phenoxy) is 1. The zero-order valence-corrected chi connectivity index (χ0v) is 9.25. The first-order valence-corrected chi connectivity index (χ1v) is 5.11. The molecule has 1 atom stereocenters. The Morgan fingerprint density at radius 1 is 1.38 bits per heavy atom. The van der Waals surface area contributed by atoms with E-state index in [0.717, 1.165) is 32.5 Å². The van der Waals surface area contributed by atoms with Gasteiger partial charge in [0.05, 0.1) is 0 Å². The first kappa shape index (κ1) is 12.9. The molecule has 0 aliphatic rings. The van der Waals surface area contributed by atoms with Crippen molar-refractivity contribution in [1.29, 1.82) is 0 Å². The molecule has 0 aromatic heterocycles. The average Bonchev–Trinajstić information content (AvgIpc) is 2.14. The fourth-order valence-electron chi connectivity index (χ4n) is 1.31. The summed E-state index contributed by atoms with van der Waals surface area (Å²) in [5.74, 6) is 0. The van der Waals surface area contributed by atoms with Crippen LogP contribution in [-0.4, -0.2) is 44.8 Å². The Hall–Kier alpha value is -0.120. The molecule has 1 unspecified atom stereocenters. The molecule has 0 amide bonds. The van der Waals surface area contributed by atoms with Gasteiger partial charge in [0.1, 0.15) is 0 Å². The van der Waals surface area contributed by atoms with Crippen molar-refractivity contribution in [3.63, 3.8) is 0 Å². The molecule has 0 radical (unpaired) electrons. The van der Waals surface area contributed by atoms with Crippen molar-refractivity contribution in [1.82, 2.24) is 4.90 Å². The molecule has 3 heteroatoms. The van der Waals surface area contributed by atoms with E-state index >= 15 is 0 Å². The Morgan fingerprint density at radius 3 is 2.62 bits per heavy atom. The summed E-state index contributed by atoms with van der Waals surface area (Å²) in [6.07, 6.45) is 3.43. The van der Waals surface area contributed by atoms with Gasteiger partial charge in [0.25, 0.3) is 0 Å². The molecule has 0 heterocycles. The minimum atomic E-state index is 0.639. The highest BCUT2D eigenvalue weighted by atomic mass is 16.5. The van der Waals surface area contributed by atoms with Gasteiger partial charge in [0.15, 0.2) is 0 Å². The summed E-state index contributed by atoms with van der Waals surface area (Å²) >= 11 is 0. The summed E-state index contributed by atoms with van der Waals surface area (Å²) in [6.45, 7) is 5.02. The van der Waals surface area contributed by atoms with Crippen molar-refractivity contribution in [3.05, 3.63) is 0 Å². The molecule has 0 aromatic carbocycles. The van der Waals surface area contributed by atoms with Crippen LogP contribution in [0.5, 0.6) is 0 Å². The number of hydrogen-bond acceptors (Lipinski definition) is 3. The Labute approximate surface area is 82.2 Å². The van der Waals surface area contributed by atoms with Crippen molar-refractivity contribution < 1.29 is 4.74 Å². The van der Waals surface area contributed by atoms with Crippen LogP contribution in [0.4, 0.5) is 0 Å². The Balaban J connectivity index is 3.38. The smallest absolute Gasteiger partial charge is 0.0474 e. The topological polar surface area (TPSA) is 38.5 Å². The lowest BCUT2D eigenvalue weighted by molar-refractivity contribution is 0.166. The van der Waals surface area contributed by atoms with Gasteiger partial charge in [-0.3, -0.25) is 0 Å². The first-order valence-electron chi connectivity index (χ1n) is 5.11. The van der Waals surface area contributed by atoms with E-state index in [2.05, 4.69) is 18.9 Å². The van der Waals surface area contributed by atoms with Gasteiger partial charge in [-0.15, -0.1) is 0 Å². The van der Waals surface area contributed by atoms with Crippen LogP contribution in [0.15, 0.2) is 0 Å². The largest absolute Gasteiger partial charge is 0.385 e. The third-order valence-electron chi connectivity index (χ3n) is 2.44. The van der Waals surface area contributed by atoms with E-state index in [9.17, 15) is 0 Å². The lowest BCUT2D eigenvalue weighted by Crippen LogP contribution is -2.31. The van der Waals surface area contributed by atoms with Crippen molar-refractivity contribution >= 4 is 0 Å². The summed E-state index contributed by atoms with van der Waals surface area (Å²) < 4.78 is 5.01. The number of hydrogen-bond donors (Lipinski definition) is 1. The second-order valence-electron chi connectivity index (χ2n) is 3.61. The van der Waals surface area contributed by atoms with Gasteiger partial charge >= 0.3 is 0 Å². The van der Waals surface area contributed by atoms with Crippen LogP contribution in [0.25, 0.3) is 0 Å². The molecule has 0 aromatic rings. The van der Waals surface area contributed by atoms with E-state index in [1.54, 1.807) is 7.11 Å². The summed E-state index contributed by atoms with van der Waals surface area (Å²) in [5.41, 5.74) is 5.46. The maximum atomic E-state index is 5.46. The second kappa shape index (κ2) is 8.48. The molecule has 13 heavy (non-hydrogen) atoms. The van der Waals surface area contributed by atoms with E-state index in [0.29, 0.717) is 6.04 Å². The van der Waals surface area contributed by atoms with Crippen molar-refractivity contribution in [2.75, 3.05) is 33.9 Å². The van der Waals surface area contributed by atoms with Crippen LogP contribution in [0, 0.1) is 0 Å². The lowest BCUT2D eigenvalue weighted by atomic mass is 10.1. The zero-order valence-electron chi connectivity index (χ0n) is 9.25. The summed E-state index contributed by atoms with van der Waals surface area (Å²) in [5, 5.41) is 0. The van der Waals surface area contributed by atoms with Crippen LogP contribution in [0.3, 0.4) is 0 Å². The highest BCUT2D eigenvalue weighted by Gasteiger charge is 2.07. The molecule has 0 fully saturated rings. The summed E-state index contributed by atoms with van der Waals surface area (Å²) in [6, 6.07) is 0.639. The average molecular weight is 188 g/mol. The lowest BCUT2D eigenvalue weighted by Gasteiger charge is -2.24. The summed E-state index contributed by atoms with van der Waals surface area (Å²) in [7, 11) is 3.91. The van der Waals surface area contributed by atoms with Crippen molar-refractivity contribution in [2.45, 2.75) is 32.2 Å². The van der Waals surface area contributed by atoms with Gasteiger partial charge in [-0.25, -0.2) is 0 Å². The van der Waals surface area contributed by atoms with E-state index in [-0.39, 0.29) is 0 Å². The number of methoxy groups -OCH3 is 1. The molecule has 0 saturated carbocycles. The van der Waals surface area contributed by atoms with Crippen LogP contribution < -0.4 is 5.73 Å². The molecule has 80 valence electrons. The standard InChI is InChI=1S/C10H24N2O/c1-10(6-4-7-11)12(2)8-5-9-13-3/h10H,4-9,11H2,1-3H3. The molecule has 3 nitrogen and oxygen atoms in total. The maximum Gasteiger partial charge on any atom is 0.0474 e. The van der Waals surface area contributed by atoms with Gasteiger partial charge in [-0.05, 0) is 39.8 Å². The van der Waals surface area contributed by atoms with Crippen LogP contribution in [0.2, 0.25) is 0 Å². The van der Waals surface area contributed by atoms with E-state index in [4.69, 9.17) is 10.5 Å². The Morgan fingerprint density at radius 2 is 2.08 bits per heavy atom. The fraction of sp³-hybridized carbons (Fsp3) is 1.00. The Bertz CT molecular complexity index is 109. The summed E-state index contributed by atoms with van der Waals surface area (Å²) in [4.78, 5) is 2.37. The quantitative estimate of drug-likeness (QED) is 0.579. The molecule has 0 aliphatic heterocycles. The molecular weight excluding hydrogens is 164 g/mol. The minimum absolute atomic E-state index is 0.639. The molecule has 0 saturated heterocycles. The molecule has 0 rings (SSSR count). The first-order chi connectivity index (χ1) is 6.22. The van der Waals surface area contributed by atoms with Crippen LogP contribution >= 0.6 is 0 Å². The predicted octanol–water partition coefficient (Wildman–Crippen LogP) is 1.08. The van der Waals surface area contributed by atoms with E-state index in [1.807, 2.05) is 0 Å². The number of nitrogens with two attached hydrogens (primary N) is 1. The van der Waals surface area contributed by atoms with Crippen molar-refractivity contribution in [3.8, 4) is 0 Å². The number of rotatable bonds is 8. The predicted molar refractivity (Wildman–Crippen MR) is 56.9 cm³/mol. The van der Waals surface area contributed by atoms with Crippen LogP contribution in [-0.2, 0) is 4.74 Å². The van der Waals surface area contributed by atoms with Crippen molar-refractivity contribution in [2.24, 2.45) is 5.73 Å². The van der Waals surface area contributed by atoms with Crippen LogP contribution in [0.1, 0.15) is 26.2 Å². The van der Waals surface area contributed by atoms with Gasteiger partial charge in [-0.1, -0.05) is 0 Å². The third-order valence-corrected chi connectivity index (χ3v) is 2.44. The zero-order chi connectivity index (χ0) is 10.1. The fourth-order valence-corrected chi connectivity index (χ4v) is 1.31.